The predicted molar refractivity (Wildman–Crippen MR) is 53.5 cm³/mol. The number of hydrogen-bond acceptors (Lipinski definition) is 4. The van der Waals surface area contributed by atoms with Gasteiger partial charge in [-0.2, -0.15) is 0 Å². The van der Waals surface area contributed by atoms with E-state index in [9.17, 15) is 9.59 Å². The molecule has 6 heteroatoms. The number of aromatic nitrogens is 2. The number of nitrogens with zero attached hydrogens (tertiary/aromatic N) is 1. The molecule has 14 heavy (non-hydrogen) atoms. The molecule has 1 aromatic rings. The molecule has 0 aromatic carbocycles. The monoisotopic (exact) mass is 214 g/mol. The Balaban J connectivity index is 2.47. The second-order valence-electron chi connectivity index (χ2n) is 3.03. The van der Waals surface area contributed by atoms with Gasteiger partial charge in [-0.15, -0.1) is 11.8 Å². The highest BCUT2D eigenvalue weighted by molar-refractivity contribution is 7.99. The normalized spacial score (nSPS) is 21.4. The molecule has 0 aliphatic carbocycles. The van der Waals surface area contributed by atoms with E-state index in [0.717, 1.165) is 5.75 Å². The van der Waals surface area contributed by atoms with Gasteiger partial charge in [-0.3, -0.25) is 14.3 Å². The van der Waals surface area contributed by atoms with Crippen LogP contribution >= 0.6 is 11.8 Å². The van der Waals surface area contributed by atoms with Crippen LogP contribution in [0.3, 0.4) is 0 Å². The summed E-state index contributed by atoms with van der Waals surface area (Å²) in [6.07, 6.45) is 1.53. The largest absolute Gasteiger partial charge is 0.347 e. The van der Waals surface area contributed by atoms with Gasteiger partial charge in [0.05, 0.1) is 6.61 Å². The van der Waals surface area contributed by atoms with Gasteiger partial charge in [0.15, 0.2) is 5.56 Å². The third-order valence-corrected chi connectivity index (χ3v) is 3.03. The minimum atomic E-state index is -0.417. The lowest BCUT2D eigenvalue weighted by atomic mass is 10.4. The molecule has 5 nitrogen and oxygen atoms in total. The molecule has 1 atom stereocenters. The Morgan fingerprint density at radius 3 is 3.07 bits per heavy atom. The summed E-state index contributed by atoms with van der Waals surface area (Å²) in [4.78, 5) is 24.7. The molecule has 76 valence electrons. The summed E-state index contributed by atoms with van der Waals surface area (Å²) < 4.78 is 6.73. The van der Waals surface area contributed by atoms with E-state index >= 15 is 0 Å². The summed E-state index contributed by atoms with van der Waals surface area (Å²) >= 11 is 1.54. The van der Waals surface area contributed by atoms with Gasteiger partial charge in [-0.05, 0) is 6.92 Å². The first-order valence-corrected chi connectivity index (χ1v) is 5.28. The first-order valence-electron chi connectivity index (χ1n) is 4.24. The highest BCUT2D eigenvalue weighted by Gasteiger charge is 2.19. The van der Waals surface area contributed by atoms with Gasteiger partial charge in [-0.1, -0.05) is 0 Å². The number of hydrogen-bond donors (Lipinski definition) is 1. The van der Waals surface area contributed by atoms with E-state index in [1.165, 1.54) is 10.8 Å². The second-order valence-corrected chi connectivity index (χ2v) is 4.17. The number of aryl methyl sites for hydroxylation is 1. The van der Waals surface area contributed by atoms with Crippen molar-refractivity contribution < 1.29 is 4.74 Å². The molecule has 0 saturated carbocycles. The van der Waals surface area contributed by atoms with Crippen LogP contribution in [0.1, 0.15) is 11.1 Å². The van der Waals surface area contributed by atoms with Crippen LogP contribution < -0.4 is 11.2 Å². The first-order chi connectivity index (χ1) is 6.68. The molecule has 1 aromatic heterocycles. The van der Waals surface area contributed by atoms with Crippen molar-refractivity contribution in [3.8, 4) is 0 Å². The van der Waals surface area contributed by atoms with Gasteiger partial charge < -0.3 is 4.74 Å². The minimum absolute atomic E-state index is 0.293. The Labute approximate surface area is 84.1 Å². The molecule has 2 rings (SSSR count). The summed E-state index contributed by atoms with van der Waals surface area (Å²) in [5.41, 5.74) is -0.534. The van der Waals surface area contributed by atoms with E-state index in [0.29, 0.717) is 12.2 Å². The zero-order valence-electron chi connectivity index (χ0n) is 7.65. The van der Waals surface area contributed by atoms with E-state index in [-0.39, 0.29) is 11.1 Å². The maximum Gasteiger partial charge on any atom is 0.331 e. The zero-order chi connectivity index (χ0) is 10.1. The summed E-state index contributed by atoms with van der Waals surface area (Å²) in [6, 6.07) is 0. The van der Waals surface area contributed by atoms with Crippen molar-refractivity contribution in [3.05, 3.63) is 32.6 Å². The van der Waals surface area contributed by atoms with E-state index in [1.807, 2.05) is 0 Å². The Kier molecular flexibility index (Phi) is 2.47. The zero-order valence-corrected chi connectivity index (χ0v) is 8.47. The average molecular weight is 214 g/mol. The van der Waals surface area contributed by atoms with E-state index in [2.05, 4.69) is 4.98 Å². The van der Waals surface area contributed by atoms with Gasteiger partial charge >= 0.3 is 5.69 Å². The molecule has 0 radical (unpaired) electrons. The van der Waals surface area contributed by atoms with Crippen molar-refractivity contribution in [1.29, 1.82) is 0 Å². The predicted octanol–water partition coefficient (Wildman–Crippen LogP) is 0.0645. The van der Waals surface area contributed by atoms with E-state index < -0.39 is 5.69 Å². The highest BCUT2D eigenvalue weighted by atomic mass is 32.2. The molecule has 1 N–H and O–H groups in total. The molecule has 0 bridgehead atoms. The fourth-order valence-corrected chi connectivity index (χ4v) is 2.15. The lowest BCUT2D eigenvalue weighted by molar-refractivity contribution is 0.0930. The number of thioether (sulfide) groups is 1. The molecule has 0 spiro atoms. The number of H-pyrrole nitrogens is 1. The van der Waals surface area contributed by atoms with Gasteiger partial charge in [-0.25, -0.2) is 4.79 Å². The van der Waals surface area contributed by atoms with Crippen LogP contribution in [0.15, 0.2) is 15.8 Å². The van der Waals surface area contributed by atoms with Crippen LogP contribution in [0, 0.1) is 6.92 Å². The minimum Gasteiger partial charge on any atom is -0.347 e. The van der Waals surface area contributed by atoms with Crippen molar-refractivity contribution in [3.63, 3.8) is 0 Å². The molecule has 1 fully saturated rings. The van der Waals surface area contributed by atoms with Crippen molar-refractivity contribution >= 4 is 11.8 Å². The number of aromatic amines is 1. The van der Waals surface area contributed by atoms with E-state index in [4.69, 9.17) is 4.74 Å². The van der Waals surface area contributed by atoms with E-state index in [1.54, 1.807) is 18.7 Å². The molecular formula is C8H10N2O3S. The Hall–Kier alpha value is -1.01. The van der Waals surface area contributed by atoms with Crippen LogP contribution in [0.4, 0.5) is 0 Å². The van der Waals surface area contributed by atoms with Gasteiger partial charge in [0.2, 0.25) is 0 Å². The molecule has 0 amide bonds. The van der Waals surface area contributed by atoms with Gasteiger partial charge in [0.1, 0.15) is 0 Å². The van der Waals surface area contributed by atoms with Crippen LogP contribution in [-0.2, 0) is 4.74 Å². The summed E-state index contributed by atoms with van der Waals surface area (Å²) in [5, 5.41) is 0. The number of ether oxygens (including phenoxy) is 1. The topological polar surface area (TPSA) is 64.1 Å². The van der Waals surface area contributed by atoms with Crippen molar-refractivity contribution in [2.75, 3.05) is 12.4 Å². The van der Waals surface area contributed by atoms with Crippen LogP contribution in [0.25, 0.3) is 0 Å². The van der Waals surface area contributed by atoms with Crippen molar-refractivity contribution in [2.24, 2.45) is 0 Å². The number of rotatable bonds is 1. The van der Waals surface area contributed by atoms with Crippen LogP contribution in [0.2, 0.25) is 0 Å². The lowest BCUT2D eigenvalue weighted by Crippen LogP contribution is -2.32. The van der Waals surface area contributed by atoms with Crippen LogP contribution in [-0.4, -0.2) is 21.9 Å². The highest BCUT2D eigenvalue weighted by Crippen LogP contribution is 2.28. The molecule has 1 saturated heterocycles. The van der Waals surface area contributed by atoms with Gasteiger partial charge in [0, 0.05) is 17.5 Å². The summed E-state index contributed by atoms with van der Waals surface area (Å²) in [5.74, 6) is 0.870. The SMILES string of the molecule is Cc1cn(C2OCCS2)c(=O)[nH]c1=O. The summed E-state index contributed by atoms with van der Waals surface area (Å²) in [6.45, 7) is 2.30. The molecule has 1 aliphatic heterocycles. The quantitative estimate of drug-likeness (QED) is 0.718. The van der Waals surface area contributed by atoms with Gasteiger partial charge in [0.25, 0.3) is 5.56 Å². The third-order valence-electron chi connectivity index (χ3n) is 1.98. The average Bonchev–Trinajstić information content (AvgIpc) is 2.64. The maximum absolute atomic E-state index is 11.4. The molecule has 2 heterocycles. The van der Waals surface area contributed by atoms with Crippen molar-refractivity contribution in [1.82, 2.24) is 9.55 Å². The molecular weight excluding hydrogens is 204 g/mol. The second kappa shape index (κ2) is 3.62. The fourth-order valence-electron chi connectivity index (χ4n) is 1.25. The Bertz CT molecular complexity index is 445. The summed E-state index contributed by atoms with van der Waals surface area (Å²) in [7, 11) is 0. The van der Waals surface area contributed by atoms with Crippen LogP contribution in [0.5, 0.6) is 0 Å². The Morgan fingerprint density at radius 2 is 2.43 bits per heavy atom. The molecule has 1 aliphatic rings. The van der Waals surface area contributed by atoms with Crippen molar-refractivity contribution in [2.45, 2.75) is 12.5 Å². The fraction of sp³-hybridized carbons (Fsp3) is 0.500. The number of nitrogens with one attached hydrogen (secondary N) is 1. The smallest absolute Gasteiger partial charge is 0.331 e. The third kappa shape index (κ3) is 1.62. The molecule has 1 unspecified atom stereocenters. The lowest BCUT2D eigenvalue weighted by Gasteiger charge is -2.11. The maximum atomic E-state index is 11.4. The first kappa shape index (κ1) is 9.54. The standard InChI is InChI=1S/C8H10N2O3S/c1-5-4-10(7(12)9-6(5)11)8-13-2-3-14-8/h4,8H,2-3H2,1H3,(H,9,11,12). The Morgan fingerprint density at radius 1 is 1.64 bits per heavy atom.